The zero-order valence-corrected chi connectivity index (χ0v) is 21.3. The molecular weight excluding hydrogens is 497 g/mol. The number of benzene rings is 1. The van der Waals surface area contributed by atoms with E-state index in [0.29, 0.717) is 47.5 Å². The van der Waals surface area contributed by atoms with E-state index in [4.69, 9.17) is 9.72 Å². The molecule has 1 aromatic carbocycles. The van der Waals surface area contributed by atoms with Gasteiger partial charge in [0.15, 0.2) is 0 Å². The average Bonchev–Trinajstić information content (AvgIpc) is 3.50. The minimum absolute atomic E-state index is 0.0187. The van der Waals surface area contributed by atoms with Crippen molar-refractivity contribution < 1.29 is 22.7 Å². The fraction of sp³-hybridized carbons (Fsp3) is 0.407. The van der Waals surface area contributed by atoms with E-state index in [1.165, 1.54) is 23.1 Å². The zero-order chi connectivity index (χ0) is 26.8. The molecule has 0 bridgehead atoms. The molecule has 6 rings (SSSR count). The Morgan fingerprint density at radius 3 is 2.53 bits per heavy atom. The number of carbonyl (C=O) groups is 1. The van der Waals surface area contributed by atoms with Crippen molar-refractivity contribution in [3.8, 4) is 22.5 Å². The molecule has 2 aliphatic heterocycles. The van der Waals surface area contributed by atoms with Crippen molar-refractivity contribution in [1.82, 2.24) is 29.2 Å². The third kappa shape index (κ3) is 3.96. The van der Waals surface area contributed by atoms with Gasteiger partial charge in [0.2, 0.25) is 5.91 Å². The molecule has 1 atom stereocenters. The number of fused-ring (bicyclic) bond motifs is 2. The molecule has 1 amide bonds. The normalized spacial score (nSPS) is 18.8. The summed E-state index contributed by atoms with van der Waals surface area (Å²) in [5.74, 6) is 0.876. The van der Waals surface area contributed by atoms with Crippen LogP contribution in [0.1, 0.15) is 48.8 Å². The van der Waals surface area contributed by atoms with E-state index in [1.807, 2.05) is 11.5 Å². The maximum atomic E-state index is 14.3. The van der Waals surface area contributed by atoms with Crippen LogP contribution >= 0.6 is 0 Å². The fourth-order valence-corrected chi connectivity index (χ4v) is 5.64. The lowest BCUT2D eigenvalue weighted by Gasteiger charge is -2.32. The van der Waals surface area contributed by atoms with Crippen molar-refractivity contribution in [2.75, 3.05) is 20.3 Å². The monoisotopic (exact) mass is 524 g/mol. The molecule has 8 nitrogen and oxygen atoms in total. The molecule has 1 fully saturated rings. The third-order valence-corrected chi connectivity index (χ3v) is 7.53. The largest absolute Gasteiger partial charge is 0.418 e. The van der Waals surface area contributed by atoms with Crippen molar-refractivity contribution in [2.45, 2.75) is 44.4 Å². The molecule has 5 heterocycles. The molecular formula is C27H27F3N6O2. The van der Waals surface area contributed by atoms with Gasteiger partial charge in [-0.2, -0.15) is 18.3 Å². The Hall–Kier alpha value is -3.73. The van der Waals surface area contributed by atoms with E-state index < -0.39 is 17.8 Å². The Bertz CT molecular complexity index is 1550. The number of amides is 1. The fourth-order valence-electron chi connectivity index (χ4n) is 5.64. The SMILES string of the molecule is CC1C(=O)N(C)Cc2c(-c3cccc4nc(-c5cnn(C)c5)c(C(F)(F)F)cc34)nc(C3CCOCC3)n21. The van der Waals surface area contributed by atoms with Gasteiger partial charge >= 0.3 is 6.18 Å². The number of aryl methyl sites for hydroxylation is 1. The van der Waals surface area contributed by atoms with Gasteiger partial charge in [-0.15, -0.1) is 0 Å². The van der Waals surface area contributed by atoms with Crippen LogP contribution in [0.25, 0.3) is 33.4 Å². The second-order valence-electron chi connectivity index (χ2n) is 10.0. The molecule has 1 saturated heterocycles. The van der Waals surface area contributed by atoms with Crippen molar-refractivity contribution in [3.63, 3.8) is 0 Å². The summed E-state index contributed by atoms with van der Waals surface area (Å²) in [6, 6.07) is 5.98. The molecule has 1 unspecified atom stereocenters. The summed E-state index contributed by atoms with van der Waals surface area (Å²) in [7, 11) is 3.39. The minimum atomic E-state index is -4.62. The van der Waals surface area contributed by atoms with Crippen molar-refractivity contribution in [2.24, 2.45) is 7.05 Å². The third-order valence-electron chi connectivity index (χ3n) is 7.53. The summed E-state index contributed by atoms with van der Waals surface area (Å²) < 4.78 is 52.0. The van der Waals surface area contributed by atoms with Gasteiger partial charge in [-0.3, -0.25) is 9.48 Å². The highest BCUT2D eigenvalue weighted by molar-refractivity contribution is 5.96. The van der Waals surface area contributed by atoms with Crippen LogP contribution in [0.15, 0.2) is 36.7 Å². The number of hydrogen-bond acceptors (Lipinski definition) is 5. The Balaban J connectivity index is 1.60. The van der Waals surface area contributed by atoms with Gasteiger partial charge < -0.3 is 14.2 Å². The number of rotatable bonds is 3. The van der Waals surface area contributed by atoms with E-state index in [-0.39, 0.29) is 17.5 Å². The Kier molecular flexibility index (Phi) is 5.78. The molecule has 0 spiro atoms. The van der Waals surface area contributed by atoms with Crippen LogP contribution in [-0.4, -0.2) is 55.4 Å². The number of alkyl halides is 3. The number of pyridine rings is 1. The van der Waals surface area contributed by atoms with Crippen LogP contribution in [-0.2, 0) is 29.3 Å². The Morgan fingerprint density at radius 2 is 1.84 bits per heavy atom. The summed E-state index contributed by atoms with van der Waals surface area (Å²) >= 11 is 0. The standard InChI is InChI=1S/C27H27F3N6O2/c1-15-26(37)34(2)14-22-24(33-25(36(15)22)16-7-9-38-10-8-16)18-5-4-6-21-19(18)11-20(27(28,29)30)23(32-21)17-12-31-35(3)13-17/h4-6,11-13,15-16H,7-10,14H2,1-3H3. The molecule has 0 N–H and O–H groups in total. The van der Waals surface area contributed by atoms with Crippen LogP contribution in [0.4, 0.5) is 13.2 Å². The lowest BCUT2D eigenvalue weighted by Crippen LogP contribution is -2.40. The molecule has 198 valence electrons. The van der Waals surface area contributed by atoms with E-state index in [2.05, 4.69) is 10.1 Å². The lowest BCUT2D eigenvalue weighted by atomic mass is 9.98. The molecule has 38 heavy (non-hydrogen) atoms. The van der Waals surface area contributed by atoms with Gasteiger partial charge in [0, 0.05) is 55.9 Å². The van der Waals surface area contributed by atoms with Crippen molar-refractivity contribution >= 4 is 16.8 Å². The Morgan fingerprint density at radius 1 is 1.08 bits per heavy atom. The molecule has 0 radical (unpaired) electrons. The van der Waals surface area contributed by atoms with Gasteiger partial charge in [-0.05, 0) is 31.9 Å². The van der Waals surface area contributed by atoms with Gasteiger partial charge in [0.05, 0.1) is 40.9 Å². The maximum Gasteiger partial charge on any atom is 0.418 e. The number of halogens is 3. The van der Waals surface area contributed by atoms with E-state index in [9.17, 15) is 18.0 Å². The second kappa shape index (κ2) is 8.93. The predicted molar refractivity (Wildman–Crippen MR) is 134 cm³/mol. The minimum Gasteiger partial charge on any atom is -0.381 e. The number of carbonyl (C=O) groups excluding carboxylic acids is 1. The first-order valence-corrected chi connectivity index (χ1v) is 12.6. The molecule has 0 saturated carbocycles. The first kappa shape index (κ1) is 24.6. The summed E-state index contributed by atoms with van der Waals surface area (Å²) in [6.07, 6.45) is -0.171. The smallest absolute Gasteiger partial charge is 0.381 e. The van der Waals surface area contributed by atoms with Crippen LogP contribution in [0.2, 0.25) is 0 Å². The lowest BCUT2D eigenvalue weighted by molar-refractivity contribution is -0.137. The highest BCUT2D eigenvalue weighted by atomic mass is 19.4. The van der Waals surface area contributed by atoms with Crippen LogP contribution in [0.5, 0.6) is 0 Å². The number of ether oxygens (including phenoxy) is 1. The summed E-state index contributed by atoms with van der Waals surface area (Å²) in [6.45, 7) is 3.38. The number of likely N-dealkylation sites (N-methyl/N-ethyl adjacent to an activating group) is 1. The predicted octanol–water partition coefficient (Wildman–Crippen LogP) is 4.94. The van der Waals surface area contributed by atoms with Crippen LogP contribution in [0.3, 0.4) is 0 Å². The van der Waals surface area contributed by atoms with Gasteiger partial charge in [-0.25, -0.2) is 9.97 Å². The first-order valence-electron chi connectivity index (χ1n) is 12.6. The summed E-state index contributed by atoms with van der Waals surface area (Å²) in [5.41, 5.74) is 1.70. The molecule has 3 aromatic heterocycles. The zero-order valence-electron chi connectivity index (χ0n) is 21.3. The summed E-state index contributed by atoms with van der Waals surface area (Å²) in [5, 5.41) is 4.39. The van der Waals surface area contributed by atoms with Crippen LogP contribution in [0, 0.1) is 0 Å². The number of nitrogens with zero attached hydrogens (tertiary/aromatic N) is 6. The molecule has 4 aromatic rings. The molecule has 2 aliphatic rings. The highest BCUT2D eigenvalue weighted by Crippen LogP contribution is 2.42. The number of hydrogen-bond donors (Lipinski definition) is 0. The van der Waals surface area contributed by atoms with Gasteiger partial charge in [0.25, 0.3) is 0 Å². The average molecular weight is 525 g/mol. The second-order valence-corrected chi connectivity index (χ2v) is 10.0. The highest BCUT2D eigenvalue weighted by Gasteiger charge is 2.38. The van der Waals surface area contributed by atoms with Gasteiger partial charge in [-0.1, -0.05) is 12.1 Å². The maximum absolute atomic E-state index is 14.3. The number of imidazole rings is 1. The van der Waals surface area contributed by atoms with Gasteiger partial charge in [0.1, 0.15) is 11.9 Å². The van der Waals surface area contributed by atoms with Crippen LogP contribution < -0.4 is 0 Å². The molecule has 0 aliphatic carbocycles. The van der Waals surface area contributed by atoms with E-state index in [1.54, 1.807) is 37.2 Å². The topological polar surface area (TPSA) is 78.1 Å². The molecule has 11 heteroatoms. The quantitative estimate of drug-likeness (QED) is 0.379. The first-order chi connectivity index (χ1) is 18.1. The van der Waals surface area contributed by atoms with Crippen molar-refractivity contribution in [1.29, 1.82) is 0 Å². The Labute approximate surface area is 217 Å². The van der Waals surface area contributed by atoms with E-state index >= 15 is 0 Å². The van der Waals surface area contributed by atoms with Crippen molar-refractivity contribution in [3.05, 3.63) is 53.7 Å². The van der Waals surface area contributed by atoms with E-state index in [0.717, 1.165) is 24.4 Å². The number of aromatic nitrogens is 5. The summed E-state index contributed by atoms with van der Waals surface area (Å²) in [4.78, 5) is 24.1.